The molecule has 2 heteroatoms. The predicted molar refractivity (Wildman–Crippen MR) is 100 cm³/mol. The molecule has 0 bridgehead atoms. The van der Waals surface area contributed by atoms with Crippen LogP contribution in [0.4, 0.5) is 0 Å². The van der Waals surface area contributed by atoms with Crippen LogP contribution < -0.4 is 0 Å². The first-order valence-corrected chi connectivity index (χ1v) is 8.65. The van der Waals surface area contributed by atoms with Gasteiger partial charge in [-0.15, -0.1) is 0 Å². The van der Waals surface area contributed by atoms with Crippen molar-refractivity contribution in [2.75, 3.05) is 13.2 Å². The highest BCUT2D eigenvalue weighted by Crippen LogP contribution is 2.41. The molecule has 0 aliphatic carbocycles. The van der Waals surface area contributed by atoms with E-state index < -0.39 is 0 Å². The van der Waals surface area contributed by atoms with Gasteiger partial charge in [-0.05, 0) is 35.8 Å². The van der Waals surface area contributed by atoms with E-state index in [0.29, 0.717) is 0 Å². The van der Waals surface area contributed by atoms with E-state index in [-0.39, 0.29) is 5.41 Å². The van der Waals surface area contributed by atoms with E-state index in [9.17, 15) is 0 Å². The van der Waals surface area contributed by atoms with E-state index in [1.807, 2.05) is 24.4 Å². The summed E-state index contributed by atoms with van der Waals surface area (Å²) in [6.45, 7) is 5.68. The van der Waals surface area contributed by atoms with Crippen molar-refractivity contribution in [3.8, 4) is 0 Å². The van der Waals surface area contributed by atoms with E-state index in [1.54, 1.807) is 0 Å². The third kappa shape index (κ3) is 4.58. The van der Waals surface area contributed by atoms with Gasteiger partial charge in [0.15, 0.2) is 0 Å². The molecule has 0 amide bonds. The highest BCUT2D eigenvalue weighted by atomic mass is 16.5. The average molecular weight is 319 g/mol. The van der Waals surface area contributed by atoms with E-state index in [4.69, 9.17) is 4.74 Å². The van der Waals surface area contributed by atoms with Crippen LogP contribution in [0.15, 0.2) is 78.0 Å². The molecule has 24 heavy (non-hydrogen) atoms. The molecule has 1 aliphatic heterocycles. The number of hydrogen-bond acceptors (Lipinski definition) is 2. The standard InChI is InChI=1S/C22H25NO/c1-19-16-22(13-15-24-19,17-20-8-4-2-5-9-20)12-14-23-18-21-10-6-3-7-11-21/h2-11,18H,1,12-17H2/b23-18+. The first-order chi connectivity index (χ1) is 11.8. The molecule has 1 atom stereocenters. The first kappa shape index (κ1) is 16.5. The van der Waals surface area contributed by atoms with Crippen LogP contribution in [0.5, 0.6) is 0 Å². The zero-order chi connectivity index (χ0) is 16.7. The third-order valence-corrected chi connectivity index (χ3v) is 4.74. The van der Waals surface area contributed by atoms with Crippen molar-refractivity contribution in [2.24, 2.45) is 10.4 Å². The van der Waals surface area contributed by atoms with Crippen molar-refractivity contribution in [3.63, 3.8) is 0 Å². The van der Waals surface area contributed by atoms with Gasteiger partial charge < -0.3 is 4.74 Å². The van der Waals surface area contributed by atoms with Gasteiger partial charge in [-0.1, -0.05) is 67.2 Å². The summed E-state index contributed by atoms with van der Waals surface area (Å²) in [4.78, 5) is 4.65. The number of ether oxygens (including phenoxy) is 1. The Labute approximate surface area is 144 Å². The number of allylic oxidation sites excluding steroid dienone is 1. The van der Waals surface area contributed by atoms with Crippen molar-refractivity contribution in [1.29, 1.82) is 0 Å². The van der Waals surface area contributed by atoms with E-state index in [2.05, 4.69) is 54.0 Å². The van der Waals surface area contributed by atoms with Crippen LogP contribution in [0, 0.1) is 5.41 Å². The minimum atomic E-state index is 0.213. The minimum Gasteiger partial charge on any atom is -0.499 e. The number of rotatable bonds is 6. The summed E-state index contributed by atoms with van der Waals surface area (Å²) in [5.41, 5.74) is 2.76. The lowest BCUT2D eigenvalue weighted by molar-refractivity contribution is 0.0654. The van der Waals surface area contributed by atoms with Gasteiger partial charge in [0.25, 0.3) is 0 Å². The van der Waals surface area contributed by atoms with Crippen molar-refractivity contribution in [2.45, 2.75) is 25.7 Å². The van der Waals surface area contributed by atoms with Crippen LogP contribution in [0.1, 0.15) is 30.4 Å². The average Bonchev–Trinajstić information content (AvgIpc) is 2.61. The number of benzene rings is 2. The number of aliphatic imine (C=N–C) groups is 1. The first-order valence-electron chi connectivity index (χ1n) is 8.65. The van der Waals surface area contributed by atoms with Crippen molar-refractivity contribution >= 4 is 6.21 Å². The van der Waals surface area contributed by atoms with Gasteiger partial charge in [0.1, 0.15) is 0 Å². The highest BCUT2D eigenvalue weighted by Gasteiger charge is 2.34. The molecule has 0 spiro atoms. The van der Waals surface area contributed by atoms with Crippen LogP contribution in [0.3, 0.4) is 0 Å². The van der Waals surface area contributed by atoms with E-state index >= 15 is 0 Å². The van der Waals surface area contributed by atoms with Crippen LogP contribution in [-0.2, 0) is 11.2 Å². The lowest BCUT2D eigenvalue weighted by Crippen LogP contribution is -2.31. The molecule has 0 radical (unpaired) electrons. The van der Waals surface area contributed by atoms with Crippen LogP contribution in [-0.4, -0.2) is 19.4 Å². The predicted octanol–water partition coefficient (Wildman–Crippen LogP) is 5.05. The molecule has 2 aromatic rings. The molecular formula is C22H25NO. The summed E-state index contributed by atoms with van der Waals surface area (Å²) in [5.74, 6) is 0.921. The number of nitrogens with zero attached hydrogens (tertiary/aromatic N) is 1. The molecule has 124 valence electrons. The van der Waals surface area contributed by atoms with Gasteiger partial charge in [-0.2, -0.15) is 0 Å². The van der Waals surface area contributed by atoms with Gasteiger partial charge in [-0.25, -0.2) is 0 Å². The van der Waals surface area contributed by atoms with Crippen molar-refractivity contribution in [1.82, 2.24) is 0 Å². The topological polar surface area (TPSA) is 21.6 Å². The molecule has 1 heterocycles. The molecule has 0 saturated carbocycles. The van der Waals surface area contributed by atoms with Crippen molar-refractivity contribution in [3.05, 3.63) is 84.1 Å². The smallest absolute Gasteiger partial charge is 0.0893 e. The molecule has 3 rings (SSSR count). The largest absolute Gasteiger partial charge is 0.499 e. The normalized spacial score (nSPS) is 20.9. The minimum absolute atomic E-state index is 0.213. The number of hydrogen-bond donors (Lipinski definition) is 0. The molecule has 0 N–H and O–H groups in total. The molecule has 1 unspecified atom stereocenters. The highest BCUT2D eigenvalue weighted by molar-refractivity contribution is 5.79. The van der Waals surface area contributed by atoms with Crippen molar-refractivity contribution < 1.29 is 4.74 Å². The van der Waals surface area contributed by atoms with Gasteiger partial charge in [0, 0.05) is 19.2 Å². The van der Waals surface area contributed by atoms with Crippen LogP contribution >= 0.6 is 0 Å². The molecular weight excluding hydrogens is 294 g/mol. The monoisotopic (exact) mass is 319 g/mol. The maximum absolute atomic E-state index is 5.61. The summed E-state index contributed by atoms with van der Waals surface area (Å²) in [5, 5.41) is 0. The van der Waals surface area contributed by atoms with Gasteiger partial charge in [0.05, 0.1) is 12.4 Å². The fourth-order valence-electron chi connectivity index (χ4n) is 3.46. The Bertz CT molecular complexity index is 678. The van der Waals surface area contributed by atoms with E-state index in [0.717, 1.165) is 50.2 Å². The Balaban J connectivity index is 1.66. The summed E-state index contributed by atoms with van der Waals surface area (Å²) >= 11 is 0. The molecule has 2 nitrogen and oxygen atoms in total. The lowest BCUT2D eigenvalue weighted by atomic mass is 9.72. The Morgan fingerprint density at radius 2 is 1.75 bits per heavy atom. The third-order valence-electron chi connectivity index (χ3n) is 4.74. The fraction of sp³-hybridized carbons (Fsp3) is 0.318. The maximum atomic E-state index is 5.61. The second-order valence-electron chi connectivity index (χ2n) is 6.67. The molecule has 0 aromatic heterocycles. The second kappa shape index (κ2) is 7.96. The summed E-state index contributed by atoms with van der Waals surface area (Å²) in [7, 11) is 0. The Kier molecular flexibility index (Phi) is 5.47. The second-order valence-corrected chi connectivity index (χ2v) is 6.67. The van der Waals surface area contributed by atoms with Crippen LogP contribution in [0.2, 0.25) is 0 Å². The fourth-order valence-corrected chi connectivity index (χ4v) is 3.46. The molecule has 2 aromatic carbocycles. The molecule has 1 saturated heterocycles. The Morgan fingerprint density at radius 3 is 2.46 bits per heavy atom. The SMILES string of the molecule is C=C1CC(CC/N=C/c2ccccc2)(Cc2ccccc2)CCO1. The quantitative estimate of drug-likeness (QED) is 0.683. The summed E-state index contributed by atoms with van der Waals surface area (Å²) in [6, 6.07) is 21.0. The zero-order valence-corrected chi connectivity index (χ0v) is 14.2. The van der Waals surface area contributed by atoms with Crippen LogP contribution in [0.25, 0.3) is 0 Å². The summed E-state index contributed by atoms with van der Waals surface area (Å²) in [6.07, 6.45) is 6.11. The molecule has 1 aliphatic rings. The van der Waals surface area contributed by atoms with Gasteiger partial charge in [-0.3, -0.25) is 4.99 Å². The molecule has 1 fully saturated rings. The van der Waals surface area contributed by atoms with E-state index in [1.165, 1.54) is 5.56 Å². The van der Waals surface area contributed by atoms with Gasteiger partial charge in [0.2, 0.25) is 0 Å². The zero-order valence-electron chi connectivity index (χ0n) is 14.2. The van der Waals surface area contributed by atoms with Gasteiger partial charge >= 0.3 is 0 Å². The summed E-state index contributed by atoms with van der Waals surface area (Å²) < 4.78 is 5.61. The Morgan fingerprint density at radius 1 is 1.04 bits per heavy atom. The lowest BCUT2D eigenvalue weighted by Gasteiger charge is -2.38. The Hall–Kier alpha value is -2.35. The maximum Gasteiger partial charge on any atom is 0.0893 e.